The van der Waals surface area contributed by atoms with Crippen LogP contribution in [-0.2, 0) is 6.54 Å². The lowest BCUT2D eigenvalue weighted by Crippen LogP contribution is -2.19. The molecule has 1 N–H and O–H groups in total. The quantitative estimate of drug-likeness (QED) is 0.842. The van der Waals surface area contributed by atoms with E-state index in [1.54, 1.807) is 11.3 Å². The normalized spacial score (nSPS) is 12.4. The fraction of sp³-hybridized carbons (Fsp3) is 0.400. The maximum Gasteiger partial charge on any atom is 0.128 e. The Morgan fingerprint density at radius 2 is 2.25 bits per heavy atom. The van der Waals surface area contributed by atoms with Gasteiger partial charge >= 0.3 is 0 Å². The summed E-state index contributed by atoms with van der Waals surface area (Å²) < 4.78 is 1.15. The van der Waals surface area contributed by atoms with Gasteiger partial charge in [0, 0.05) is 34.0 Å². The van der Waals surface area contributed by atoms with Crippen LogP contribution in [0.25, 0.3) is 0 Å². The topological polar surface area (TPSA) is 28.2 Å². The van der Waals surface area contributed by atoms with Crippen LogP contribution in [-0.4, -0.2) is 18.6 Å². The Bertz CT molecular complexity index is 538. The average Bonchev–Trinajstić information content (AvgIpc) is 2.84. The number of pyridine rings is 1. The molecule has 0 saturated heterocycles. The van der Waals surface area contributed by atoms with Crippen molar-refractivity contribution in [3.8, 4) is 0 Å². The number of nitrogens with zero attached hydrogens (tertiary/aromatic N) is 2. The summed E-state index contributed by atoms with van der Waals surface area (Å²) in [5.74, 6) is 1.00. The van der Waals surface area contributed by atoms with Crippen molar-refractivity contribution < 1.29 is 0 Å². The van der Waals surface area contributed by atoms with E-state index in [9.17, 15) is 0 Å². The largest absolute Gasteiger partial charge is 0.355 e. The average molecular weight is 354 g/mol. The molecule has 0 bridgehead atoms. The minimum Gasteiger partial charge on any atom is -0.355 e. The molecule has 0 radical (unpaired) electrons. The van der Waals surface area contributed by atoms with Crippen molar-refractivity contribution >= 4 is 33.1 Å². The van der Waals surface area contributed by atoms with E-state index in [1.165, 1.54) is 10.4 Å². The van der Waals surface area contributed by atoms with Crippen molar-refractivity contribution in [1.82, 2.24) is 10.3 Å². The van der Waals surface area contributed by atoms with Gasteiger partial charge in [-0.3, -0.25) is 0 Å². The summed E-state index contributed by atoms with van der Waals surface area (Å²) in [4.78, 5) is 8.06. The molecule has 0 fully saturated rings. The second kappa shape index (κ2) is 7.20. The van der Waals surface area contributed by atoms with E-state index >= 15 is 0 Å². The van der Waals surface area contributed by atoms with E-state index < -0.39 is 0 Å². The van der Waals surface area contributed by atoms with Crippen molar-refractivity contribution in [2.24, 2.45) is 0 Å². The summed E-state index contributed by atoms with van der Waals surface area (Å²) in [6.45, 7) is 6.12. The third-order valence-electron chi connectivity index (χ3n) is 3.19. The zero-order valence-corrected chi connectivity index (χ0v) is 14.5. The first-order chi connectivity index (χ1) is 9.60. The molecule has 0 aromatic carbocycles. The highest BCUT2D eigenvalue weighted by atomic mass is 79.9. The third kappa shape index (κ3) is 4.04. The molecule has 0 saturated carbocycles. The predicted octanol–water partition coefficient (Wildman–Crippen LogP) is 4.21. The number of hydrogen-bond acceptors (Lipinski definition) is 4. The predicted molar refractivity (Wildman–Crippen MR) is 90.5 cm³/mol. The molecule has 2 aromatic rings. The van der Waals surface area contributed by atoms with Crippen LogP contribution in [0.15, 0.2) is 34.2 Å². The van der Waals surface area contributed by atoms with Crippen molar-refractivity contribution in [2.75, 3.05) is 18.5 Å². The Morgan fingerprint density at radius 1 is 1.45 bits per heavy atom. The standard InChI is InChI=1S/C15H20BrN3S/c1-4-17-11(2)12-5-6-15(18-8-12)19(3)9-14-7-13(16)10-20-14/h5-8,10-11,17H,4,9H2,1-3H3. The van der Waals surface area contributed by atoms with Crippen molar-refractivity contribution in [2.45, 2.75) is 26.4 Å². The van der Waals surface area contributed by atoms with Crippen molar-refractivity contribution in [1.29, 1.82) is 0 Å². The number of aromatic nitrogens is 1. The maximum atomic E-state index is 4.56. The molecule has 1 atom stereocenters. The summed E-state index contributed by atoms with van der Waals surface area (Å²) in [6, 6.07) is 6.74. The van der Waals surface area contributed by atoms with Gasteiger partial charge in [0.2, 0.25) is 0 Å². The first kappa shape index (κ1) is 15.5. The van der Waals surface area contributed by atoms with Gasteiger partial charge < -0.3 is 10.2 Å². The van der Waals surface area contributed by atoms with Gasteiger partial charge in [-0.05, 0) is 47.1 Å². The van der Waals surface area contributed by atoms with Gasteiger partial charge in [0.15, 0.2) is 0 Å². The van der Waals surface area contributed by atoms with E-state index in [2.05, 4.69) is 75.6 Å². The molecule has 5 heteroatoms. The van der Waals surface area contributed by atoms with Gasteiger partial charge in [0.25, 0.3) is 0 Å². The molecule has 0 amide bonds. The van der Waals surface area contributed by atoms with Crippen LogP contribution >= 0.6 is 27.3 Å². The van der Waals surface area contributed by atoms with E-state index in [0.29, 0.717) is 6.04 Å². The van der Waals surface area contributed by atoms with Gasteiger partial charge in [-0.25, -0.2) is 4.98 Å². The van der Waals surface area contributed by atoms with Gasteiger partial charge in [-0.15, -0.1) is 11.3 Å². The van der Waals surface area contributed by atoms with Gasteiger partial charge in [-0.1, -0.05) is 13.0 Å². The molecule has 0 aliphatic rings. The maximum absolute atomic E-state index is 4.56. The van der Waals surface area contributed by atoms with Crippen molar-refractivity contribution in [3.63, 3.8) is 0 Å². The Hall–Kier alpha value is -0.910. The zero-order chi connectivity index (χ0) is 14.5. The Labute approximate surface area is 133 Å². The molecule has 0 spiro atoms. The molecule has 2 aromatic heterocycles. The summed E-state index contributed by atoms with van der Waals surface area (Å²) in [5, 5.41) is 5.50. The highest BCUT2D eigenvalue weighted by Gasteiger charge is 2.08. The van der Waals surface area contributed by atoms with Gasteiger partial charge in [0.05, 0.1) is 6.54 Å². The zero-order valence-electron chi connectivity index (χ0n) is 12.1. The first-order valence-corrected chi connectivity index (χ1v) is 8.40. The Balaban J connectivity index is 2.01. The molecule has 3 nitrogen and oxygen atoms in total. The third-order valence-corrected chi connectivity index (χ3v) is 4.87. The molecule has 20 heavy (non-hydrogen) atoms. The molecule has 0 aliphatic heterocycles. The van der Waals surface area contributed by atoms with Gasteiger partial charge in [-0.2, -0.15) is 0 Å². The van der Waals surface area contributed by atoms with E-state index in [-0.39, 0.29) is 0 Å². The fourth-order valence-electron chi connectivity index (χ4n) is 2.05. The highest BCUT2D eigenvalue weighted by Crippen LogP contribution is 2.23. The summed E-state index contributed by atoms with van der Waals surface area (Å²) in [5.41, 5.74) is 1.22. The smallest absolute Gasteiger partial charge is 0.128 e. The Kier molecular flexibility index (Phi) is 5.57. The number of anilines is 1. The van der Waals surface area contributed by atoms with Crippen LogP contribution in [0.5, 0.6) is 0 Å². The SMILES string of the molecule is CCNC(C)c1ccc(N(C)Cc2cc(Br)cs2)nc1. The molecular formula is C15H20BrN3S. The number of hydrogen-bond donors (Lipinski definition) is 1. The molecule has 0 aliphatic carbocycles. The van der Waals surface area contributed by atoms with Crippen LogP contribution < -0.4 is 10.2 Å². The minimum atomic E-state index is 0.347. The lowest BCUT2D eigenvalue weighted by molar-refractivity contribution is 0.596. The lowest BCUT2D eigenvalue weighted by atomic mass is 10.1. The molecule has 2 heterocycles. The van der Waals surface area contributed by atoms with Crippen LogP contribution in [0.1, 0.15) is 30.3 Å². The fourth-order valence-corrected chi connectivity index (χ4v) is 3.56. The summed E-state index contributed by atoms with van der Waals surface area (Å²) in [7, 11) is 2.07. The molecule has 108 valence electrons. The number of halogens is 1. The number of nitrogens with one attached hydrogen (secondary N) is 1. The highest BCUT2D eigenvalue weighted by molar-refractivity contribution is 9.10. The molecule has 2 rings (SSSR count). The van der Waals surface area contributed by atoms with Crippen molar-refractivity contribution in [3.05, 3.63) is 44.7 Å². The second-order valence-corrected chi connectivity index (χ2v) is 6.73. The summed E-state index contributed by atoms with van der Waals surface area (Å²) in [6.07, 6.45) is 1.96. The molecule has 1 unspecified atom stereocenters. The number of thiophene rings is 1. The van der Waals surface area contributed by atoms with Crippen LogP contribution in [0.2, 0.25) is 0 Å². The van der Waals surface area contributed by atoms with Crippen LogP contribution in [0.4, 0.5) is 5.82 Å². The monoisotopic (exact) mass is 353 g/mol. The van der Waals surface area contributed by atoms with E-state index in [1.807, 2.05) is 6.20 Å². The van der Waals surface area contributed by atoms with Gasteiger partial charge in [0.1, 0.15) is 5.82 Å². The lowest BCUT2D eigenvalue weighted by Gasteiger charge is -2.18. The first-order valence-electron chi connectivity index (χ1n) is 6.73. The van der Waals surface area contributed by atoms with Crippen LogP contribution in [0, 0.1) is 0 Å². The minimum absolute atomic E-state index is 0.347. The second-order valence-electron chi connectivity index (χ2n) is 4.82. The summed E-state index contributed by atoms with van der Waals surface area (Å²) >= 11 is 5.25. The van der Waals surface area contributed by atoms with E-state index in [4.69, 9.17) is 0 Å². The van der Waals surface area contributed by atoms with Crippen LogP contribution in [0.3, 0.4) is 0 Å². The van der Waals surface area contributed by atoms with E-state index in [0.717, 1.165) is 23.4 Å². The number of rotatable bonds is 6. The molecular weight excluding hydrogens is 334 g/mol. The Morgan fingerprint density at radius 3 is 2.80 bits per heavy atom.